The van der Waals surface area contributed by atoms with Gasteiger partial charge in [0.05, 0.1) is 6.61 Å². The molecule has 0 bridgehead atoms. The second-order valence-electron chi connectivity index (χ2n) is 5.47. The monoisotopic (exact) mass is 292 g/mol. The average Bonchev–Trinajstić information content (AvgIpc) is 3.27. The van der Waals surface area contributed by atoms with Gasteiger partial charge in [0.2, 0.25) is 0 Å². The zero-order valence-electron chi connectivity index (χ0n) is 12.1. The molecular weight excluding hydrogens is 276 g/mol. The number of hydrogen-bond donors (Lipinski definition) is 0. The molecule has 4 heteroatoms. The van der Waals surface area contributed by atoms with Crippen LogP contribution in [-0.4, -0.2) is 23.4 Å². The zero-order chi connectivity index (χ0) is 14.8. The number of rotatable bonds is 3. The first-order valence-corrected chi connectivity index (χ1v) is 7.47. The summed E-state index contributed by atoms with van der Waals surface area (Å²) in [5.41, 5.74) is 3.26. The van der Waals surface area contributed by atoms with Gasteiger partial charge in [-0.15, -0.1) is 0 Å². The molecule has 22 heavy (non-hydrogen) atoms. The lowest BCUT2D eigenvalue weighted by atomic mass is 10.0. The van der Waals surface area contributed by atoms with Crippen LogP contribution < -0.4 is 0 Å². The number of hydrogen-bond acceptors (Lipinski definition) is 4. The van der Waals surface area contributed by atoms with Crippen LogP contribution in [0, 0.1) is 0 Å². The fourth-order valence-electron chi connectivity index (χ4n) is 2.72. The molecule has 2 aromatic carbocycles. The Bertz CT molecular complexity index is 762. The minimum Gasteiger partial charge on any atom is -0.381 e. The summed E-state index contributed by atoms with van der Waals surface area (Å²) in [5.74, 6) is 1.58. The molecule has 0 N–H and O–H groups in total. The fourth-order valence-corrected chi connectivity index (χ4v) is 2.72. The number of ether oxygens (including phenoxy) is 1. The summed E-state index contributed by atoms with van der Waals surface area (Å²) in [4.78, 5) is 4.54. The van der Waals surface area contributed by atoms with Crippen LogP contribution in [0.25, 0.3) is 22.6 Å². The minimum absolute atomic E-state index is 0.259. The van der Waals surface area contributed by atoms with E-state index in [1.165, 1.54) is 5.56 Å². The van der Waals surface area contributed by atoms with E-state index in [2.05, 4.69) is 34.4 Å². The Morgan fingerprint density at radius 3 is 2.55 bits per heavy atom. The van der Waals surface area contributed by atoms with Gasteiger partial charge in [-0.25, -0.2) is 0 Å². The first-order chi connectivity index (χ1) is 10.9. The SMILES string of the molecule is c1ccc(-c2cccc(-c3nc([C@H]4CCOC4)no3)c2)cc1. The van der Waals surface area contributed by atoms with Gasteiger partial charge in [0.25, 0.3) is 5.89 Å². The van der Waals surface area contributed by atoms with Crippen molar-refractivity contribution in [2.75, 3.05) is 13.2 Å². The molecule has 0 radical (unpaired) electrons. The van der Waals surface area contributed by atoms with Crippen molar-refractivity contribution in [2.24, 2.45) is 0 Å². The van der Waals surface area contributed by atoms with Gasteiger partial charge in [0.1, 0.15) is 0 Å². The van der Waals surface area contributed by atoms with Crippen LogP contribution in [0.1, 0.15) is 18.2 Å². The predicted molar refractivity (Wildman–Crippen MR) is 83.3 cm³/mol. The number of nitrogens with zero attached hydrogens (tertiary/aromatic N) is 2. The van der Waals surface area contributed by atoms with Crippen molar-refractivity contribution in [3.8, 4) is 22.6 Å². The third kappa shape index (κ3) is 2.53. The Kier molecular flexibility index (Phi) is 3.45. The van der Waals surface area contributed by atoms with Gasteiger partial charge >= 0.3 is 0 Å². The van der Waals surface area contributed by atoms with Gasteiger partial charge in [-0.2, -0.15) is 4.98 Å². The zero-order valence-corrected chi connectivity index (χ0v) is 12.1. The summed E-state index contributed by atoms with van der Waals surface area (Å²) in [5, 5.41) is 4.11. The van der Waals surface area contributed by atoms with E-state index in [1.54, 1.807) is 0 Å². The van der Waals surface area contributed by atoms with Gasteiger partial charge in [0, 0.05) is 18.1 Å². The molecule has 0 saturated carbocycles. The number of benzene rings is 2. The molecule has 1 fully saturated rings. The summed E-state index contributed by atoms with van der Waals surface area (Å²) in [6, 6.07) is 18.4. The van der Waals surface area contributed by atoms with E-state index in [-0.39, 0.29) is 5.92 Å². The summed E-state index contributed by atoms with van der Waals surface area (Å²) < 4.78 is 10.8. The molecule has 3 aromatic rings. The van der Waals surface area contributed by atoms with Crippen LogP contribution in [0.2, 0.25) is 0 Å². The molecule has 0 aliphatic carbocycles. The second kappa shape index (κ2) is 5.73. The van der Waals surface area contributed by atoms with Crippen LogP contribution >= 0.6 is 0 Å². The Labute approximate surface area is 128 Å². The third-order valence-electron chi connectivity index (χ3n) is 3.95. The topological polar surface area (TPSA) is 48.2 Å². The van der Waals surface area contributed by atoms with Crippen LogP contribution in [0.3, 0.4) is 0 Å². The maximum Gasteiger partial charge on any atom is 0.257 e. The molecule has 1 aromatic heterocycles. The molecule has 4 rings (SSSR count). The van der Waals surface area contributed by atoms with Crippen LogP contribution in [0.15, 0.2) is 59.1 Å². The molecule has 2 heterocycles. The Balaban J connectivity index is 1.65. The maximum absolute atomic E-state index is 5.44. The van der Waals surface area contributed by atoms with E-state index in [4.69, 9.17) is 9.26 Å². The Hall–Kier alpha value is -2.46. The summed E-state index contributed by atoms with van der Waals surface area (Å²) in [7, 11) is 0. The van der Waals surface area contributed by atoms with Crippen molar-refractivity contribution in [3.05, 3.63) is 60.4 Å². The van der Waals surface area contributed by atoms with Crippen molar-refractivity contribution in [3.63, 3.8) is 0 Å². The summed E-state index contributed by atoms with van der Waals surface area (Å²) >= 11 is 0. The summed E-state index contributed by atoms with van der Waals surface area (Å²) in [6.45, 7) is 1.46. The van der Waals surface area contributed by atoms with E-state index in [9.17, 15) is 0 Å². The van der Waals surface area contributed by atoms with Crippen molar-refractivity contribution in [1.82, 2.24) is 10.1 Å². The minimum atomic E-state index is 0.259. The maximum atomic E-state index is 5.44. The van der Waals surface area contributed by atoms with Crippen molar-refractivity contribution in [1.29, 1.82) is 0 Å². The van der Waals surface area contributed by atoms with Crippen LogP contribution in [-0.2, 0) is 4.74 Å². The molecule has 0 unspecified atom stereocenters. The molecule has 1 aliphatic heterocycles. The highest BCUT2D eigenvalue weighted by Crippen LogP contribution is 2.28. The molecule has 0 spiro atoms. The molecular formula is C18H16N2O2. The van der Waals surface area contributed by atoms with E-state index in [0.29, 0.717) is 12.5 Å². The highest BCUT2D eigenvalue weighted by molar-refractivity contribution is 5.69. The summed E-state index contributed by atoms with van der Waals surface area (Å²) in [6.07, 6.45) is 0.961. The first kappa shape index (κ1) is 13.2. The predicted octanol–water partition coefficient (Wildman–Crippen LogP) is 3.91. The van der Waals surface area contributed by atoms with Crippen molar-refractivity contribution >= 4 is 0 Å². The average molecular weight is 292 g/mol. The van der Waals surface area contributed by atoms with Crippen molar-refractivity contribution in [2.45, 2.75) is 12.3 Å². The van der Waals surface area contributed by atoms with Crippen LogP contribution in [0.5, 0.6) is 0 Å². The van der Waals surface area contributed by atoms with E-state index < -0.39 is 0 Å². The van der Waals surface area contributed by atoms with Gasteiger partial charge in [0.15, 0.2) is 5.82 Å². The molecule has 110 valence electrons. The first-order valence-electron chi connectivity index (χ1n) is 7.47. The van der Waals surface area contributed by atoms with Crippen molar-refractivity contribution < 1.29 is 9.26 Å². The molecule has 0 amide bonds. The van der Waals surface area contributed by atoms with E-state index in [1.807, 2.05) is 30.3 Å². The van der Waals surface area contributed by atoms with Gasteiger partial charge in [-0.05, 0) is 29.7 Å². The normalized spacial score (nSPS) is 17.7. The molecule has 1 saturated heterocycles. The van der Waals surface area contributed by atoms with Gasteiger partial charge in [-0.3, -0.25) is 0 Å². The van der Waals surface area contributed by atoms with E-state index >= 15 is 0 Å². The molecule has 1 atom stereocenters. The van der Waals surface area contributed by atoms with E-state index in [0.717, 1.165) is 30.0 Å². The Morgan fingerprint density at radius 2 is 1.73 bits per heavy atom. The van der Waals surface area contributed by atoms with Gasteiger partial charge < -0.3 is 9.26 Å². The smallest absolute Gasteiger partial charge is 0.257 e. The number of aromatic nitrogens is 2. The molecule has 4 nitrogen and oxygen atoms in total. The second-order valence-corrected chi connectivity index (χ2v) is 5.47. The van der Waals surface area contributed by atoms with Crippen LogP contribution in [0.4, 0.5) is 0 Å². The third-order valence-corrected chi connectivity index (χ3v) is 3.95. The molecule has 1 aliphatic rings. The highest BCUT2D eigenvalue weighted by atomic mass is 16.5. The fraction of sp³-hybridized carbons (Fsp3) is 0.222. The lowest BCUT2D eigenvalue weighted by Crippen LogP contribution is -1.99. The lowest BCUT2D eigenvalue weighted by Gasteiger charge is -2.02. The lowest BCUT2D eigenvalue weighted by molar-refractivity contribution is 0.192. The van der Waals surface area contributed by atoms with Gasteiger partial charge in [-0.1, -0.05) is 47.6 Å². The standard InChI is InChI=1S/C18H16N2O2/c1-2-5-13(6-3-1)14-7-4-8-15(11-14)18-19-17(20-22-18)16-9-10-21-12-16/h1-8,11,16H,9-10,12H2/t16-/m0/s1. The quantitative estimate of drug-likeness (QED) is 0.734. The highest BCUT2D eigenvalue weighted by Gasteiger charge is 2.23. The largest absolute Gasteiger partial charge is 0.381 e. The Morgan fingerprint density at radius 1 is 0.909 bits per heavy atom.